The molecule has 0 saturated heterocycles. The minimum Gasteiger partial charge on any atom is -0.458 e. The third-order valence-electron chi connectivity index (χ3n) is 20.4. The van der Waals surface area contributed by atoms with Gasteiger partial charge in [-0.3, -0.25) is 4.31 Å². The van der Waals surface area contributed by atoms with Gasteiger partial charge in [-0.2, -0.15) is 0 Å². The summed E-state index contributed by atoms with van der Waals surface area (Å²) in [6.07, 6.45) is 2.17. The van der Waals surface area contributed by atoms with E-state index in [1.54, 1.807) is 11.9 Å². The first kappa shape index (κ1) is 49.5. The van der Waals surface area contributed by atoms with Gasteiger partial charge in [-0.1, -0.05) is 158 Å². The molecule has 0 fully saturated rings. The van der Waals surface area contributed by atoms with Crippen molar-refractivity contribution in [2.24, 2.45) is 0 Å². The van der Waals surface area contributed by atoms with Gasteiger partial charge in [-0.15, -0.1) is 0 Å². The van der Waals surface area contributed by atoms with Crippen LogP contribution in [0.15, 0.2) is 255 Å². The van der Waals surface area contributed by atoms with Crippen LogP contribution < -0.4 is 77.2 Å². The first-order valence-corrected chi connectivity index (χ1v) is 32.5. The molecule has 426 valence electrons. The average Bonchev–Trinajstić information content (AvgIpc) is 0.884. The molecule has 0 aliphatic carbocycles. The van der Waals surface area contributed by atoms with Crippen LogP contribution in [0.1, 0.15) is 0 Å². The molecule has 22 rings (SSSR count). The Labute approximate surface area is 532 Å². The number of ether oxygens (including phenoxy) is 5. The van der Waals surface area contributed by atoms with Crippen molar-refractivity contribution in [3.8, 4) is 74.6 Å². The number of rotatable bonds is 4. The van der Waals surface area contributed by atoms with E-state index in [2.05, 4.69) is 279 Å². The molecule has 0 atom stereocenters. The molecule has 0 saturated carbocycles. The molecule has 0 unspecified atom stereocenters. The van der Waals surface area contributed by atoms with Gasteiger partial charge in [0.2, 0.25) is 0 Å². The highest BCUT2D eigenvalue weighted by atomic mass is 32.2. The summed E-state index contributed by atoms with van der Waals surface area (Å²) in [5, 5.41) is 7.15. The molecule has 3 aromatic heterocycles. The maximum absolute atomic E-state index is 7.57. The normalized spacial score (nSPS) is 13.9. The molecule has 6 aliphatic heterocycles. The molecular weight excluding hydrogens is 1150 g/mol. The van der Waals surface area contributed by atoms with Gasteiger partial charge in [0.05, 0.1) is 61.5 Å². The van der Waals surface area contributed by atoms with E-state index in [1.807, 2.05) is 0 Å². The van der Waals surface area contributed by atoms with Crippen molar-refractivity contribution >= 4 is 158 Å². The Morgan fingerprint density at radius 3 is 0.946 bits per heavy atom. The van der Waals surface area contributed by atoms with E-state index >= 15 is 0 Å². The zero-order valence-corrected chi connectivity index (χ0v) is 50.0. The molecule has 0 N–H and O–H groups in total. The maximum atomic E-state index is 7.57. The number of benzene rings is 13. The van der Waals surface area contributed by atoms with E-state index < -0.39 is 0 Å². The summed E-state index contributed by atoms with van der Waals surface area (Å²) in [4.78, 5) is 0. The maximum Gasteiger partial charge on any atom is 0.260 e. The summed E-state index contributed by atoms with van der Waals surface area (Å²) in [7, 11) is 0. The van der Waals surface area contributed by atoms with Crippen LogP contribution in [0.2, 0.25) is 0 Å². The van der Waals surface area contributed by atoms with Gasteiger partial charge in [0.15, 0.2) is 0 Å². The molecule has 0 bridgehead atoms. The number of hydrogen-bond donors (Lipinski definition) is 0. The first-order valence-electron chi connectivity index (χ1n) is 31.3. The van der Waals surface area contributed by atoms with Gasteiger partial charge in [-0.25, -0.2) is 0 Å². The predicted octanol–water partition coefficient (Wildman–Crippen LogP) is 13.8. The highest BCUT2D eigenvalue weighted by Crippen LogP contribution is 2.48. The summed E-state index contributed by atoms with van der Waals surface area (Å²) < 4.78 is 46.0. The van der Waals surface area contributed by atoms with E-state index in [0.29, 0.717) is 0 Å². The van der Waals surface area contributed by atoms with Crippen molar-refractivity contribution in [2.45, 2.75) is 0 Å². The van der Waals surface area contributed by atoms with Gasteiger partial charge >= 0.3 is 0 Å². The summed E-state index contributed by atoms with van der Waals surface area (Å²) in [5.41, 5.74) is 21.4. The van der Waals surface area contributed by atoms with E-state index in [-0.39, 0.29) is 20.1 Å². The Balaban J connectivity index is 0.777. The molecule has 0 radical (unpaired) electrons. The zero-order valence-electron chi connectivity index (χ0n) is 49.2. The SMILES string of the molecule is CSN1c2cc3c(cc2B2c4cc5c(cc4Oc4cc(-n6c7ccccc7c7ccccc76)cc1c42)Oc1cc(-n2c4ccccc4c4ccccc42)cc2c1B5c1ccccc1O2)B1c2ccccc2Oc2cc(-n4c5ccccc5c5ccccc54)cc(c21)O3. The zero-order chi connectivity index (χ0) is 59.8. The largest absolute Gasteiger partial charge is 0.458 e. The highest BCUT2D eigenvalue weighted by molar-refractivity contribution is 8.00. The molecule has 13 heteroatoms. The predicted molar refractivity (Wildman–Crippen MR) is 378 cm³/mol. The first-order chi connectivity index (χ1) is 45.6. The number of hydrogen-bond acceptors (Lipinski definition) is 7. The Bertz CT molecular complexity index is 5910. The second kappa shape index (κ2) is 17.9. The molecule has 9 nitrogen and oxygen atoms in total. The summed E-state index contributed by atoms with van der Waals surface area (Å²) >= 11 is 1.69. The van der Waals surface area contributed by atoms with Gasteiger partial charge in [-0.05, 0) is 105 Å². The standard InChI is InChI=1S/C79H45B3N4O5S/c1-92-86-65-42-69-56(80-53-24-8-16-32-67(53)87-73-36-45(38-75(89-69)78(73)80)84-61-28-12-4-20-49(61)50-21-5-13-29-62(50)84)40-55(65)82-58-41-57-70(43-71(58)90-72-35-44(34-66(86)77(72)82)83-59-26-10-2-18-47(59)48-19-3-11-27-60(48)83)91-76-39-46(37-74-79(76)81(57)54-25-9-17-33-68(54)88-74)85-63-30-14-6-22-51(63)52-23-7-15-31-64(52)85/h2-43H,1H3. The van der Waals surface area contributed by atoms with E-state index in [9.17, 15) is 0 Å². The van der Waals surface area contributed by atoms with Crippen molar-refractivity contribution < 1.29 is 23.7 Å². The van der Waals surface area contributed by atoms with Crippen LogP contribution >= 0.6 is 11.9 Å². The lowest BCUT2D eigenvalue weighted by Gasteiger charge is -2.41. The van der Waals surface area contributed by atoms with Gasteiger partial charge in [0.25, 0.3) is 20.1 Å². The van der Waals surface area contributed by atoms with Gasteiger partial charge < -0.3 is 37.4 Å². The van der Waals surface area contributed by atoms with Crippen LogP contribution in [0, 0.1) is 0 Å². The molecule has 16 aromatic rings. The molecule has 0 amide bonds. The smallest absolute Gasteiger partial charge is 0.260 e. The Morgan fingerprint density at radius 1 is 0.250 bits per heavy atom. The third kappa shape index (κ3) is 6.46. The summed E-state index contributed by atoms with van der Waals surface area (Å²) in [6.45, 7) is -0.703. The lowest BCUT2D eigenvalue weighted by atomic mass is 9.30. The fraction of sp³-hybridized carbons (Fsp3) is 0.0127. The third-order valence-corrected chi connectivity index (χ3v) is 21.1. The Kier molecular flexibility index (Phi) is 9.65. The monoisotopic (exact) mass is 1190 g/mol. The minimum absolute atomic E-state index is 0.204. The van der Waals surface area contributed by atoms with E-state index in [0.717, 1.165) is 168 Å². The number of aromatic nitrogens is 3. The Hall–Kier alpha value is -11.4. The van der Waals surface area contributed by atoms with Crippen molar-refractivity contribution in [2.75, 3.05) is 10.6 Å². The second-order valence-corrected chi connectivity index (χ2v) is 25.7. The van der Waals surface area contributed by atoms with Crippen LogP contribution in [-0.4, -0.2) is 40.1 Å². The number of nitrogens with zero attached hydrogens (tertiary/aromatic N) is 4. The minimum atomic E-state index is -0.285. The van der Waals surface area contributed by atoms with Crippen LogP contribution in [0.25, 0.3) is 82.5 Å². The fourth-order valence-corrected chi connectivity index (χ4v) is 17.4. The van der Waals surface area contributed by atoms with Crippen LogP contribution in [0.4, 0.5) is 11.4 Å². The molecule has 9 heterocycles. The van der Waals surface area contributed by atoms with Crippen molar-refractivity contribution in [1.82, 2.24) is 13.7 Å². The Morgan fingerprint density at radius 2 is 0.554 bits per heavy atom. The highest BCUT2D eigenvalue weighted by Gasteiger charge is 2.49. The molecule has 13 aromatic carbocycles. The molecular formula is C79H45B3N4O5S. The molecule has 6 aliphatic rings. The average molecular weight is 1190 g/mol. The summed E-state index contributed by atoms with van der Waals surface area (Å²) in [5.74, 6) is 7.82. The topological polar surface area (TPSA) is 64.2 Å². The van der Waals surface area contributed by atoms with E-state index in [1.165, 1.54) is 32.3 Å². The number of para-hydroxylation sites is 8. The van der Waals surface area contributed by atoms with Crippen molar-refractivity contribution in [3.63, 3.8) is 0 Å². The number of fused-ring (bicyclic) bond motifs is 21. The van der Waals surface area contributed by atoms with Gasteiger partial charge in [0, 0.05) is 92.0 Å². The second-order valence-electron chi connectivity index (χ2n) is 24.9. The van der Waals surface area contributed by atoms with Gasteiger partial charge in [0.1, 0.15) is 57.5 Å². The quantitative estimate of drug-likeness (QED) is 0.128. The van der Waals surface area contributed by atoms with Crippen molar-refractivity contribution in [1.29, 1.82) is 0 Å². The molecule has 0 spiro atoms. The van der Waals surface area contributed by atoms with E-state index in [4.69, 9.17) is 23.7 Å². The van der Waals surface area contributed by atoms with Crippen LogP contribution in [-0.2, 0) is 0 Å². The lowest BCUT2D eigenvalue weighted by molar-refractivity contribution is 0.456. The number of anilines is 2. The summed E-state index contributed by atoms with van der Waals surface area (Å²) in [6, 6.07) is 91.8. The van der Waals surface area contributed by atoms with Crippen molar-refractivity contribution in [3.05, 3.63) is 255 Å². The fourth-order valence-electron chi connectivity index (χ4n) is 16.7. The molecule has 92 heavy (non-hydrogen) atoms. The van der Waals surface area contributed by atoms with Crippen LogP contribution in [0.3, 0.4) is 0 Å². The van der Waals surface area contributed by atoms with Crippen LogP contribution in [0.5, 0.6) is 57.5 Å². The lowest BCUT2D eigenvalue weighted by Crippen LogP contribution is -2.64.